The smallest absolute Gasteiger partial charge is 0.416 e. The van der Waals surface area contributed by atoms with Gasteiger partial charge in [0.15, 0.2) is 11.0 Å². The highest BCUT2D eigenvalue weighted by Crippen LogP contribution is 2.56. The molecule has 1 fully saturated rings. The van der Waals surface area contributed by atoms with Crippen molar-refractivity contribution in [1.82, 2.24) is 0 Å². The molecule has 2 aliphatic rings. The second-order valence-corrected chi connectivity index (χ2v) is 8.51. The molecule has 10 heteroatoms. The molecule has 162 valence electrons. The summed E-state index contributed by atoms with van der Waals surface area (Å²) < 4.78 is 43.4. The first kappa shape index (κ1) is 21.2. The number of halogens is 3. The number of thioether (sulfide) groups is 1. The first-order valence-electron chi connectivity index (χ1n) is 9.42. The fraction of sp³-hybridized carbons (Fsp3) is 0.286. The van der Waals surface area contributed by atoms with Crippen LogP contribution in [-0.4, -0.2) is 28.8 Å². The van der Waals surface area contributed by atoms with Crippen LogP contribution in [-0.2, 0) is 25.3 Å². The molecule has 0 radical (unpaired) electrons. The van der Waals surface area contributed by atoms with Gasteiger partial charge >= 0.3 is 12.1 Å². The summed E-state index contributed by atoms with van der Waals surface area (Å²) in [6.07, 6.45) is -5.27. The van der Waals surface area contributed by atoms with E-state index >= 15 is 0 Å². The van der Waals surface area contributed by atoms with Gasteiger partial charge in [0.05, 0.1) is 11.3 Å². The SMILES string of the molecule is C[C@@H](OC(=O)[C@@]12CCC(=O)N1c1ccccc1S2)C(=O)Nc1ccc(C(F)(F)F)cc1. The highest BCUT2D eigenvalue weighted by molar-refractivity contribution is 8.02. The van der Waals surface area contributed by atoms with E-state index in [0.717, 1.165) is 29.2 Å². The third-order valence-electron chi connectivity index (χ3n) is 5.13. The quantitative estimate of drug-likeness (QED) is 0.707. The average Bonchev–Trinajstić information content (AvgIpc) is 3.23. The Morgan fingerprint density at radius 1 is 1.16 bits per heavy atom. The van der Waals surface area contributed by atoms with E-state index in [2.05, 4.69) is 5.32 Å². The molecule has 0 aliphatic carbocycles. The number of esters is 1. The maximum atomic E-state index is 13.0. The number of hydrogen-bond donors (Lipinski definition) is 1. The second-order valence-electron chi connectivity index (χ2n) is 7.20. The number of benzene rings is 2. The molecule has 0 bridgehead atoms. The van der Waals surface area contributed by atoms with Crippen molar-refractivity contribution in [3.63, 3.8) is 0 Å². The molecular formula is C21H17F3N2O4S. The molecule has 0 spiro atoms. The van der Waals surface area contributed by atoms with Gasteiger partial charge in [-0.1, -0.05) is 23.9 Å². The standard InChI is InChI=1S/C21H17F3N2O4S/c1-12(18(28)25-14-8-6-13(7-9-14)21(22,23)24)30-19(29)20-11-10-17(27)26(20)15-4-2-3-5-16(15)31-20/h2-9,12H,10-11H2,1H3,(H,25,28)/t12-,20+/m1/s1. The highest BCUT2D eigenvalue weighted by Gasteiger charge is 2.59. The van der Waals surface area contributed by atoms with Crippen molar-refractivity contribution in [3.05, 3.63) is 54.1 Å². The number of carbonyl (C=O) groups is 3. The van der Waals surface area contributed by atoms with Gasteiger partial charge in [-0.3, -0.25) is 14.5 Å². The zero-order chi connectivity index (χ0) is 22.4. The topological polar surface area (TPSA) is 75.7 Å². The van der Waals surface area contributed by atoms with E-state index in [9.17, 15) is 27.6 Å². The van der Waals surface area contributed by atoms with E-state index in [0.29, 0.717) is 5.69 Å². The Bertz CT molecular complexity index is 1060. The van der Waals surface area contributed by atoms with Gasteiger partial charge in [0, 0.05) is 23.4 Å². The van der Waals surface area contributed by atoms with Crippen LogP contribution in [0.1, 0.15) is 25.3 Å². The summed E-state index contributed by atoms with van der Waals surface area (Å²) in [5.74, 6) is -1.60. The number of para-hydroxylation sites is 1. The summed E-state index contributed by atoms with van der Waals surface area (Å²) in [6, 6.07) is 11.1. The van der Waals surface area contributed by atoms with E-state index in [1.807, 2.05) is 0 Å². The Morgan fingerprint density at radius 3 is 2.52 bits per heavy atom. The molecule has 0 saturated carbocycles. The molecule has 0 unspecified atom stereocenters. The van der Waals surface area contributed by atoms with Crippen LogP contribution in [0, 0.1) is 0 Å². The molecule has 2 aliphatic heterocycles. The molecule has 2 aromatic carbocycles. The predicted molar refractivity (Wildman–Crippen MR) is 107 cm³/mol. The fourth-order valence-corrected chi connectivity index (χ4v) is 4.97. The van der Waals surface area contributed by atoms with Crippen molar-refractivity contribution in [2.75, 3.05) is 10.2 Å². The van der Waals surface area contributed by atoms with Crippen LogP contribution in [0.2, 0.25) is 0 Å². The summed E-state index contributed by atoms with van der Waals surface area (Å²) in [7, 11) is 0. The number of nitrogens with zero attached hydrogens (tertiary/aromatic N) is 1. The van der Waals surface area contributed by atoms with Crippen LogP contribution >= 0.6 is 11.8 Å². The van der Waals surface area contributed by atoms with Crippen molar-refractivity contribution < 1.29 is 32.3 Å². The molecule has 0 aromatic heterocycles. The Labute approximate surface area is 179 Å². The van der Waals surface area contributed by atoms with E-state index in [-0.39, 0.29) is 24.4 Å². The lowest BCUT2D eigenvalue weighted by Crippen LogP contribution is -2.49. The molecule has 1 saturated heterocycles. The van der Waals surface area contributed by atoms with Crippen LogP contribution in [0.5, 0.6) is 0 Å². The van der Waals surface area contributed by atoms with E-state index < -0.39 is 34.6 Å². The first-order chi connectivity index (χ1) is 14.6. The minimum Gasteiger partial charge on any atom is -0.450 e. The van der Waals surface area contributed by atoms with Crippen LogP contribution in [0.25, 0.3) is 0 Å². The lowest BCUT2D eigenvalue weighted by atomic mass is 10.2. The van der Waals surface area contributed by atoms with Gasteiger partial charge in [-0.05, 0) is 43.3 Å². The molecule has 6 nitrogen and oxygen atoms in total. The number of nitrogens with one attached hydrogen (secondary N) is 1. The van der Waals surface area contributed by atoms with Crippen molar-refractivity contribution in [1.29, 1.82) is 0 Å². The number of ether oxygens (including phenoxy) is 1. The van der Waals surface area contributed by atoms with Gasteiger partial charge in [0.1, 0.15) is 0 Å². The number of fused-ring (bicyclic) bond motifs is 3. The third kappa shape index (κ3) is 3.76. The van der Waals surface area contributed by atoms with Crippen LogP contribution < -0.4 is 10.2 Å². The predicted octanol–water partition coefficient (Wildman–Crippen LogP) is 4.20. The zero-order valence-electron chi connectivity index (χ0n) is 16.2. The number of carbonyl (C=O) groups excluding carboxylic acids is 3. The van der Waals surface area contributed by atoms with Crippen LogP contribution in [0.3, 0.4) is 0 Å². The molecule has 2 amide bonds. The third-order valence-corrected chi connectivity index (χ3v) is 6.58. The number of amides is 2. The van der Waals surface area contributed by atoms with Gasteiger partial charge < -0.3 is 10.1 Å². The lowest BCUT2D eigenvalue weighted by Gasteiger charge is -2.29. The normalized spacial score (nSPS) is 20.8. The van der Waals surface area contributed by atoms with E-state index in [1.165, 1.54) is 23.6 Å². The van der Waals surface area contributed by atoms with Crippen LogP contribution in [0.15, 0.2) is 53.4 Å². The van der Waals surface area contributed by atoms with Gasteiger partial charge in [-0.2, -0.15) is 13.2 Å². The summed E-state index contributed by atoms with van der Waals surface area (Å²) in [5.41, 5.74) is -0.0684. The Balaban J connectivity index is 1.45. The fourth-order valence-electron chi connectivity index (χ4n) is 3.56. The maximum Gasteiger partial charge on any atom is 0.416 e. The lowest BCUT2D eigenvalue weighted by molar-refractivity contribution is -0.155. The van der Waals surface area contributed by atoms with Gasteiger partial charge in [0.25, 0.3) is 5.91 Å². The van der Waals surface area contributed by atoms with Crippen molar-refractivity contribution >= 4 is 40.9 Å². The van der Waals surface area contributed by atoms with Gasteiger partial charge in [0.2, 0.25) is 5.91 Å². The van der Waals surface area contributed by atoms with Gasteiger partial charge in [-0.25, -0.2) is 4.79 Å². The Hall–Kier alpha value is -3.01. The summed E-state index contributed by atoms with van der Waals surface area (Å²) in [5, 5.41) is 2.43. The average molecular weight is 450 g/mol. The zero-order valence-corrected chi connectivity index (χ0v) is 17.0. The molecule has 31 heavy (non-hydrogen) atoms. The van der Waals surface area contributed by atoms with E-state index in [4.69, 9.17) is 4.74 Å². The first-order valence-corrected chi connectivity index (χ1v) is 10.2. The molecule has 2 aromatic rings. The molecule has 1 N–H and O–H groups in total. The minimum atomic E-state index is -4.48. The summed E-state index contributed by atoms with van der Waals surface area (Å²) in [6.45, 7) is 1.36. The molecular weight excluding hydrogens is 433 g/mol. The molecule has 2 atom stereocenters. The number of hydrogen-bond acceptors (Lipinski definition) is 5. The van der Waals surface area contributed by atoms with E-state index in [1.54, 1.807) is 24.3 Å². The monoisotopic (exact) mass is 450 g/mol. The Morgan fingerprint density at radius 2 is 1.84 bits per heavy atom. The molecule has 4 rings (SSSR count). The van der Waals surface area contributed by atoms with Crippen molar-refractivity contribution in [2.24, 2.45) is 0 Å². The summed E-state index contributed by atoms with van der Waals surface area (Å²) >= 11 is 1.22. The van der Waals surface area contributed by atoms with Crippen molar-refractivity contribution in [2.45, 2.75) is 41.8 Å². The highest BCUT2D eigenvalue weighted by atomic mass is 32.2. The Kier molecular flexibility index (Phi) is 5.20. The van der Waals surface area contributed by atoms with Gasteiger partial charge in [-0.15, -0.1) is 0 Å². The van der Waals surface area contributed by atoms with Crippen LogP contribution in [0.4, 0.5) is 24.5 Å². The largest absolute Gasteiger partial charge is 0.450 e. The van der Waals surface area contributed by atoms with Crippen molar-refractivity contribution in [3.8, 4) is 0 Å². The summed E-state index contributed by atoms with van der Waals surface area (Å²) in [4.78, 5) is 38.8. The molecule has 2 heterocycles. The second kappa shape index (κ2) is 7.60. The number of anilines is 2. The number of rotatable bonds is 4. The minimum absolute atomic E-state index is 0.138. The maximum absolute atomic E-state index is 13.0. The number of alkyl halides is 3.